The van der Waals surface area contributed by atoms with E-state index in [1.807, 2.05) is 12.1 Å². The molecular formula is C14H12O4. The van der Waals surface area contributed by atoms with Gasteiger partial charge in [0.15, 0.2) is 0 Å². The maximum atomic E-state index is 10.8. The fourth-order valence-electron chi connectivity index (χ4n) is 2.07. The van der Waals surface area contributed by atoms with Gasteiger partial charge in [0, 0.05) is 0 Å². The maximum Gasteiger partial charge on any atom is 0.307 e. The Bertz CT molecular complexity index is 561. The maximum absolute atomic E-state index is 10.8. The molecule has 0 spiro atoms. The Morgan fingerprint density at radius 2 is 1.17 bits per heavy atom. The second kappa shape index (κ2) is 4.87. The number of carboxylic acids is 2. The van der Waals surface area contributed by atoms with E-state index in [2.05, 4.69) is 0 Å². The Morgan fingerprint density at radius 1 is 0.778 bits per heavy atom. The van der Waals surface area contributed by atoms with E-state index in [1.165, 1.54) is 0 Å². The fraction of sp³-hybridized carbons (Fsp3) is 0.143. The molecule has 4 nitrogen and oxygen atoms in total. The lowest BCUT2D eigenvalue weighted by Crippen LogP contribution is -2.03. The summed E-state index contributed by atoms with van der Waals surface area (Å²) in [6.07, 6.45) is -0.123. The van der Waals surface area contributed by atoms with Gasteiger partial charge in [0.05, 0.1) is 12.8 Å². The third-order valence-electron chi connectivity index (χ3n) is 2.79. The quantitative estimate of drug-likeness (QED) is 0.863. The number of carbonyl (C=O) groups is 2. The molecular weight excluding hydrogens is 232 g/mol. The molecule has 2 aromatic rings. The summed E-state index contributed by atoms with van der Waals surface area (Å²) >= 11 is 0. The van der Waals surface area contributed by atoms with Gasteiger partial charge < -0.3 is 10.2 Å². The number of aliphatic carboxylic acids is 2. The Labute approximate surface area is 103 Å². The molecule has 92 valence electrons. The number of benzene rings is 2. The normalized spacial score (nSPS) is 10.4. The van der Waals surface area contributed by atoms with E-state index in [-0.39, 0.29) is 12.8 Å². The minimum Gasteiger partial charge on any atom is -0.481 e. The zero-order valence-electron chi connectivity index (χ0n) is 9.59. The van der Waals surface area contributed by atoms with Gasteiger partial charge in [-0.25, -0.2) is 0 Å². The molecule has 0 saturated carbocycles. The highest BCUT2D eigenvalue weighted by Crippen LogP contribution is 2.23. The molecule has 2 aromatic carbocycles. The lowest BCUT2D eigenvalue weighted by Gasteiger charge is -2.08. The first-order valence-electron chi connectivity index (χ1n) is 5.51. The first-order chi connectivity index (χ1) is 8.58. The van der Waals surface area contributed by atoms with Crippen LogP contribution < -0.4 is 0 Å². The molecule has 0 saturated heterocycles. The monoisotopic (exact) mass is 244 g/mol. The van der Waals surface area contributed by atoms with Gasteiger partial charge in [0.25, 0.3) is 0 Å². The van der Waals surface area contributed by atoms with Crippen molar-refractivity contribution in [3.05, 3.63) is 47.5 Å². The summed E-state index contributed by atoms with van der Waals surface area (Å²) < 4.78 is 0. The first kappa shape index (κ1) is 12.1. The summed E-state index contributed by atoms with van der Waals surface area (Å²) in [5.41, 5.74) is 1.40. The second-order valence-electron chi connectivity index (χ2n) is 4.07. The summed E-state index contributed by atoms with van der Waals surface area (Å²) in [7, 11) is 0. The number of hydrogen-bond donors (Lipinski definition) is 2. The first-order valence-corrected chi connectivity index (χ1v) is 5.51. The van der Waals surface area contributed by atoms with E-state index in [9.17, 15) is 9.59 Å². The standard InChI is InChI=1S/C14H12O4/c15-13(16)7-9-3-1-5-11-10(8-14(17)18)4-2-6-12(9)11/h1-6H,7-8H2,(H,15,16)(H,17,18). The summed E-state index contributed by atoms with van der Waals surface area (Å²) in [6.45, 7) is 0. The van der Waals surface area contributed by atoms with Crippen molar-refractivity contribution in [3.8, 4) is 0 Å². The summed E-state index contributed by atoms with van der Waals surface area (Å²) in [5.74, 6) is -1.79. The molecule has 0 fully saturated rings. The lowest BCUT2D eigenvalue weighted by molar-refractivity contribution is -0.137. The molecule has 0 aliphatic carbocycles. The largest absolute Gasteiger partial charge is 0.481 e. The SMILES string of the molecule is O=C(O)Cc1cccc2c(CC(=O)O)cccc12. The van der Waals surface area contributed by atoms with Crippen LogP contribution in [0.4, 0.5) is 0 Å². The van der Waals surface area contributed by atoms with Gasteiger partial charge >= 0.3 is 11.9 Å². The Balaban J connectivity index is 2.57. The van der Waals surface area contributed by atoms with Gasteiger partial charge in [-0.05, 0) is 21.9 Å². The van der Waals surface area contributed by atoms with Crippen LogP contribution in [0.25, 0.3) is 10.8 Å². The van der Waals surface area contributed by atoms with Crippen LogP contribution in [-0.2, 0) is 22.4 Å². The minimum absolute atomic E-state index is 0.0616. The second-order valence-corrected chi connectivity index (χ2v) is 4.07. The van der Waals surface area contributed by atoms with Crippen molar-refractivity contribution in [2.75, 3.05) is 0 Å². The summed E-state index contributed by atoms with van der Waals surface area (Å²) in [4.78, 5) is 21.6. The van der Waals surface area contributed by atoms with Crippen LogP contribution in [0.2, 0.25) is 0 Å². The number of fused-ring (bicyclic) bond motifs is 1. The van der Waals surface area contributed by atoms with Crippen molar-refractivity contribution in [3.63, 3.8) is 0 Å². The predicted molar refractivity (Wildman–Crippen MR) is 66.6 cm³/mol. The average Bonchev–Trinajstić information content (AvgIpc) is 2.29. The molecule has 0 aromatic heterocycles. The molecule has 0 unspecified atom stereocenters. The zero-order valence-corrected chi connectivity index (χ0v) is 9.59. The highest BCUT2D eigenvalue weighted by molar-refractivity contribution is 5.92. The van der Waals surface area contributed by atoms with Crippen LogP contribution in [0.3, 0.4) is 0 Å². The van der Waals surface area contributed by atoms with E-state index < -0.39 is 11.9 Å². The van der Waals surface area contributed by atoms with Crippen molar-refractivity contribution in [2.24, 2.45) is 0 Å². The molecule has 0 heterocycles. The third kappa shape index (κ3) is 2.48. The van der Waals surface area contributed by atoms with Crippen molar-refractivity contribution in [1.82, 2.24) is 0 Å². The summed E-state index contributed by atoms with van der Waals surface area (Å²) in [5, 5.41) is 19.3. The zero-order chi connectivity index (χ0) is 13.1. The van der Waals surface area contributed by atoms with E-state index in [0.29, 0.717) is 11.1 Å². The Morgan fingerprint density at radius 3 is 1.50 bits per heavy atom. The lowest BCUT2D eigenvalue weighted by atomic mass is 9.97. The van der Waals surface area contributed by atoms with Crippen molar-refractivity contribution in [2.45, 2.75) is 12.8 Å². The van der Waals surface area contributed by atoms with Crippen LogP contribution in [0.15, 0.2) is 36.4 Å². The molecule has 0 aliphatic rings. The highest BCUT2D eigenvalue weighted by Gasteiger charge is 2.09. The van der Waals surface area contributed by atoms with E-state index in [1.54, 1.807) is 24.3 Å². The van der Waals surface area contributed by atoms with Crippen molar-refractivity contribution in [1.29, 1.82) is 0 Å². The molecule has 2 N–H and O–H groups in total. The molecule has 0 atom stereocenters. The fourth-order valence-corrected chi connectivity index (χ4v) is 2.07. The molecule has 0 radical (unpaired) electrons. The summed E-state index contributed by atoms with van der Waals surface area (Å²) in [6, 6.07) is 10.7. The van der Waals surface area contributed by atoms with E-state index in [4.69, 9.17) is 10.2 Å². The molecule has 4 heteroatoms. The van der Waals surface area contributed by atoms with E-state index >= 15 is 0 Å². The number of rotatable bonds is 4. The predicted octanol–water partition coefficient (Wildman–Crippen LogP) is 2.09. The third-order valence-corrected chi connectivity index (χ3v) is 2.79. The molecule has 0 aliphatic heterocycles. The molecule has 0 amide bonds. The Kier molecular flexibility index (Phi) is 3.28. The van der Waals surface area contributed by atoms with Crippen LogP contribution in [0.1, 0.15) is 11.1 Å². The number of hydrogen-bond acceptors (Lipinski definition) is 2. The van der Waals surface area contributed by atoms with Gasteiger partial charge in [-0.2, -0.15) is 0 Å². The van der Waals surface area contributed by atoms with Gasteiger partial charge in [0.2, 0.25) is 0 Å². The highest BCUT2D eigenvalue weighted by atomic mass is 16.4. The number of carboxylic acid groups (broad SMARTS) is 2. The van der Waals surface area contributed by atoms with Gasteiger partial charge in [0.1, 0.15) is 0 Å². The Hall–Kier alpha value is -2.36. The van der Waals surface area contributed by atoms with Crippen LogP contribution in [0.5, 0.6) is 0 Å². The van der Waals surface area contributed by atoms with Gasteiger partial charge in [-0.1, -0.05) is 36.4 Å². The van der Waals surface area contributed by atoms with E-state index in [0.717, 1.165) is 10.8 Å². The molecule has 0 bridgehead atoms. The molecule has 18 heavy (non-hydrogen) atoms. The van der Waals surface area contributed by atoms with Gasteiger partial charge in [-0.3, -0.25) is 9.59 Å². The smallest absolute Gasteiger partial charge is 0.307 e. The van der Waals surface area contributed by atoms with Crippen LogP contribution in [-0.4, -0.2) is 22.2 Å². The average molecular weight is 244 g/mol. The van der Waals surface area contributed by atoms with Crippen LogP contribution >= 0.6 is 0 Å². The minimum atomic E-state index is -0.897. The van der Waals surface area contributed by atoms with Crippen molar-refractivity contribution < 1.29 is 19.8 Å². The topological polar surface area (TPSA) is 74.6 Å². The van der Waals surface area contributed by atoms with Gasteiger partial charge in [-0.15, -0.1) is 0 Å². The molecule has 2 rings (SSSR count). The van der Waals surface area contributed by atoms with Crippen molar-refractivity contribution >= 4 is 22.7 Å². The van der Waals surface area contributed by atoms with Crippen LogP contribution in [0, 0.1) is 0 Å².